The van der Waals surface area contributed by atoms with Crippen molar-refractivity contribution < 1.29 is 4.79 Å². The van der Waals surface area contributed by atoms with Crippen molar-refractivity contribution in [2.75, 3.05) is 6.54 Å². The van der Waals surface area contributed by atoms with Gasteiger partial charge in [0.2, 0.25) is 5.91 Å². The molecule has 1 aliphatic rings. The van der Waals surface area contributed by atoms with Gasteiger partial charge in [-0.05, 0) is 37.5 Å². The first-order chi connectivity index (χ1) is 7.66. The van der Waals surface area contributed by atoms with Gasteiger partial charge in [-0.3, -0.25) is 4.79 Å². The molecular weight excluding hydrogens is 266 g/mol. The molecule has 3 heteroatoms. The first kappa shape index (κ1) is 11.6. The summed E-state index contributed by atoms with van der Waals surface area (Å²) in [6, 6.07) is 8.39. The second-order valence-electron chi connectivity index (χ2n) is 4.38. The Morgan fingerprint density at radius 2 is 2.12 bits per heavy atom. The SMILES string of the molecule is CC1CCCN1C(=O)Cc1ccc(Br)cc1. The predicted molar refractivity (Wildman–Crippen MR) is 68.3 cm³/mol. The molecule has 1 aromatic carbocycles. The third kappa shape index (κ3) is 2.64. The van der Waals surface area contributed by atoms with E-state index in [0.29, 0.717) is 12.5 Å². The Bertz CT molecular complexity index is 374. The maximum atomic E-state index is 12.0. The molecule has 16 heavy (non-hydrogen) atoms. The summed E-state index contributed by atoms with van der Waals surface area (Å²) in [4.78, 5) is 14.0. The summed E-state index contributed by atoms with van der Waals surface area (Å²) in [5, 5.41) is 0. The maximum absolute atomic E-state index is 12.0. The fraction of sp³-hybridized carbons (Fsp3) is 0.462. The first-order valence-corrected chi connectivity index (χ1v) is 6.50. The van der Waals surface area contributed by atoms with Crippen molar-refractivity contribution in [3.05, 3.63) is 34.3 Å². The molecular formula is C13H16BrNO. The van der Waals surface area contributed by atoms with Gasteiger partial charge in [0.05, 0.1) is 6.42 Å². The predicted octanol–water partition coefficient (Wildman–Crippen LogP) is 3.00. The molecule has 0 aromatic heterocycles. The van der Waals surface area contributed by atoms with Crippen LogP contribution in [0.2, 0.25) is 0 Å². The Labute approximate surface area is 105 Å². The van der Waals surface area contributed by atoms with E-state index >= 15 is 0 Å². The zero-order chi connectivity index (χ0) is 11.5. The molecule has 1 saturated heterocycles. The van der Waals surface area contributed by atoms with Crippen molar-refractivity contribution in [3.63, 3.8) is 0 Å². The maximum Gasteiger partial charge on any atom is 0.227 e. The Hall–Kier alpha value is -0.830. The summed E-state index contributed by atoms with van der Waals surface area (Å²) in [7, 11) is 0. The molecule has 1 unspecified atom stereocenters. The number of nitrogens with zero attached hydrogens (tertiary/aromatic N) is 1. The average Bonchev–Trinajstić information content (AvgIpc) is 2.68. The zero-order valence-electron chi connectivity index (χ0n) is 9.45. The highest BCUT2D eigenvalue weighted by Gasteiger charge is 2.24. The van der Waals surface area contributed by atoms with Crippen LogP contribution < -0.4 is 0 Å². The van der Waals surface area contributed by atoms with E-state index in [-0.39, 0.29) is 5.91 Å². The van der Waals surface area contributed by atoms with Crippen LogP contribution in [0.3, 0.4) is 0 Å². The van der Waals surface area contributed by atoms with Crippen LogP contribution in [0.1, 0.15) is 25.3 Å². The van der Waals surface area contributed by atoms with Crippen LogP contribution in [0.4, 0.5) is 0 Å². The van der Waals surface area contributed by atoms with E-state index in [2.05, 4.69) is 22.9 Å². The number of carbonyl (C=O) groups is 1. The second-order valence-corrected chi connectivity index (χ2v) is 5.30. The number of hydrogen-bond acceptors (Lipinski definition) is 1. The van der Waals surface area contributed by atoms with Crippen LogP contribution in [0.25, 0.3) is 0 Å². The third-order valence-corrected chi connectivity index (χ3v) is 3.67. The topological polar surface area (TPSA) is 20.3 Å². The second kappa shape index (κ2) is 5.00. The Balaban J connectivity index is 1.99. The highest BCUT2D eigenvalue weighted by molar-refractivity contribution is 9.10. The number of carbonyl (C=O) groups excluding carboxylic acids is 1. The van der Waals surface area contributed by atoms with E-state index in [1.165, 1.54) is 0 Å². The van der Waals surface area contributed by atoms with Gasteiger partial charge in [-0.25, -0.2) is 0 Å². The van der Waals surface area contributed by atoms with Crippen LogP contribution >= 0.6 is 15.9 Å². The molecule has 1 aliphatic heterocycles. The van der Waals surface area contributed by atoms with Gasteiger partial charge < -0.3 is 4.90 Å². The minimum Gasteiger partial charge on any atom is -0.340 e. The first-order valence-electron chi connectivity index (χ1n) is 5.71. The zero-order valence-corrected chi connectivity index (χ0v) is 11.0. The van der Waals surface area contributed by atoms with Gasteiger partial charge in [-0.2, -0.15) is 0 Å². The molecule has 1 heterocycles. The number of benzene rings is 1. The summed E-state index contributed by atoms with van der Waals surface area (Å²) in [5.74, 6) is 0.257. The number of rotatable bonds is 2. The molecule has 1 atom stereocenters. The molecule has 2 rings (SSSR count). The van der Waals surface area contributed by atoms with Gasteiger partial charge in [-0.15, -0.1) is 0 Å². The van der Waals surface area contributed by atoms with E-state index in [1.807, 2.05) is 29.2 Å². The van der Waals surface area contributed by atoms with Crippen molar-refractivity contribution in [1.29, 1.82) is 0 Å². The fourth-order valence-electron chi connectivity index (χ4n) is 2.18. The summed E-state index contributed by atoms with van der Waals surface area (Å²) >= 11 is 3.39. The van der Waals surface area contributed by atoms with E-state index in [1.54, 1.807) is 0 Å². The molecule has 0 N–H and O–H groups in total. The molecule has 1 fully saturated rings. The minimum absolute atomic E-state index is 0.257. The van der Waals surface area contributed by atoms with Crippen molar-refractivity contribution in [2.24, 2.45) is 0 Å². The van der Waals surface area contributed by atoms with Gasteiger partial charge in [0.1, 0.15) is 0 Å². The highest BCUT2D eigenvalue weighted by Crippen LogP contribution is 2.18. The van der Waals surface area contributed by atoms with E-state index in [0.717, 1.165) is 29.4 Å². The van der Waals surface area contributed by atoms with Crippen LogP contribution in [0.5, 0.6) is 0 Å². The molecule has 1 aromatic rings. The summed E-state index contributed by atoms with van der Waals surface area (Å²) in [6.45, 7) is 3.06. The van der Waals surface area contributed by atoms with Crippen LogP contribution in [-0.2, 0) is 11.2 Å². The van der Waals surface area contributed by atoms with Gasteiger partial charge in [-0.1, -0.05) is 28.1 Å². The Kier molecular flexibility index (Phi) is 3.64. The number of amides is 1. The Morgan fingerprint density at radius 1 is 1.44 bits per heavy atom. The van der Waals surface area contributed by atoms with Gasteiger partial charge in [0.25, 0.3) is 0 Å². The van der Waals surface area contributed by atoms with Crippen molar-refractivity contribution in [1.82, 2.24) is 4.90 Å². The van der Waals surface area contributed by atoms with Gasteiger partial charge >= 0.3 is 0 Å². The lowest BCUT2D eigenvalue weighted by Gasteiger charge is -2.21. The van der Waals surface area contributed by atoms with Crippen LogP contribution in [0, 0.1) is 0 Å². The monoisotopic (exact) mass is 281 g/mol. The molecule has 86 valence electrons. The number of hydrogen-bond donors (Lipinski definition) is 0. The minimum atomic E-state index is 0.257. The lowest BCUT2D eigenvalue weighted by atomic mass is 10.1. The van der Waals surface area contributed by atoms with E-state index in [9.17, 15) is 4.79 Å². The molecule has 0 bridgehead atoms. The van der Waals surface area contributed by atoms with Crippen LogP contribution in [-0.4, -0.2) is 23.4 Å². The largest absolute Gasteiger partial charge is 0.340 e. The molecule has 1 amide bonds. The number of likely N-dealkylation sites (tertiary alicyclic amines) is 1. The third-order valence-electron chi connectivity index (χ3n) is 3.14. The van der Waals surface area contributed by atoms with Crippen molar-refractivity contribution in [3.8, 4) is 0 Å². The summed E-state index contributed by atoms with van der Waals surface area (Å²) in [5.41, 5.74) is 1.09. The Morgan fingerprint density at radius 3 is 2.69 bits per heavy atom. The highest BCUT2D eigenvalue weighted by atomic mass is 79.9. The molecule has 0 aliphatic carbocycles. The molecule has 0 radical (unpaired) electrons. The normalized spacial score (nSPS) is 20.1. The van der Waals surface area contributed by atoms with Crippen LogP contribution in [0.15, 0.2) is 28.7 Å². The van der Waals surface area contributed by atoms with Gasteiger partial charge in [0, 0.05) is 17.1 Å². The van der Waals surface area contributed by atoms with E-state index in [4.69, 9.17) is 0 Å². The van der Waals surface area contributed by atoms with E-state index < -0.39 is 0 Å². The van der Waals surface area contributed by atoms with Crippen molar-refractivity contribution in [2.45, 2.75) is 32.2 Å². The molecule has 0 spiro atoms. The summed E-state index contributed by atoms with van der Waals surface area (Å²) < 4.78 is 1.05. The lowest BCUT2D eigenvalue weighted by Crippen LogP contribution is -2.34. The quantitative estimate of drug-likeness (QED) is 0.816. The van der Waals surface area contributed by atoms with Gasteiger partial charge in [0.15, 0.2) is 0 Å². The lowest BCUT2D eigenvalue weighted by molar-refractivity contribution is -0.130. The fourth-order valence-corrected chi connectivity index (χ4v) is 2.45. The van der Waals surface area contributed by atoms with Crippen molar-refractivity contribution >= 4 is 21.8 Å². The molecule has 0 saturated carbocycles. The average molecular weight is 282 g/mol. The summed E-state index contributed by atoms with van der Waals surface area (Å²) in [6.07, 6.45) is 2.82. The number of halogens is 1. The standard InChI is InChI=1S/C13H16BrNO/c1-10-3-2-8-15(10)13(16)9-11-4-6-12(14)7-5-11/h4-7,10H,2-3,8-9H2,1H3. The molecule has 2 nitrogen and oxygen atoms in total. The smallest absolute Gasteiger partial charge is 0.227 e.